The molecule has 1 aromatic heterocycles. The van der Waals surface area contributed by atoms with Crippen molar-refractivity contribution in [3.63, 3.8) is 0 Å². The number of rotatable bonds is 4. The first kappa shape index (κ1) is 18.4. The molecule has 0 aliphatic rings. The van der Waals surface area contributed by atoms with Crippen LogP contribution in [0.3, 0.4) is 0 Å². The highest BCUT2D eigenvalue weighted by atomic mass is 35.5. The molecule has 4 nitrogen and oxygen atoms in total. The Hall–Kier alpha value is -3.36. The Morgan fingerprint density at radius 1 is 1.19 bits per heavy atom. The molecule has 0 saturated heterocycles. The number of nitriles is 1. The van der Waals surface area contributed by atoms with E-state index in [0.717, 1.165) is 0 Å². The molecule has 0 spiro atoms. The third-order valence-electron chi connectivity index (χ3n) is 3.92. The van der Waals surface area contributed by atoms with Gasteiger partial charge in [-0.05, 0) is 61.0 Å². The molecule has 0 aliphatic carbocycles. The first-order chi connectivity index (χ1) is 13.0. The molecule has 1 amide bonds. The lowest BCUT2D eigenvalue weighted by atomic mass is 10.1. The van der Waals surface area contributed by atoms with Gasteiger partial charge in [-0.1, -0.05) is 17.7 Å². The van der Waals surface area contributed by atoms with Crippen molar-refractivity contribution in [3.05, 3.63) is 82.3 Å². The van der Waals surface area contributed by atoms with Gasteiger partial charge in [-0.3, -0.25) is 4.79 Å². The largest absolute Gasteiger partial charge is 0.457 e. The second-order valence-electron chi connectivity index (χ2n) is 5.75. The van der Waals surface area contributed by atoms with Crippen LogP contribution >= 0.6 is 11.6 Å². The third-order valence-corrected chi connectivity index (χ3v) is 4.33. The lowest BCUT2D eigenvalue weighted by Crippen LogP contribution is -2.14. The van der Waals surface area contributed by atoms with E-state index in [4.69, 9.17) is 16.0 Å². The molecule has 0 radical (unpaired) electrons. The Labute approximate surface area is 160 Å². The number of nitrogens with one attached hydrogen (secondary N) is 1. The molecule has 0 saturated carbocycles. The van der Waals surface area contributed by atoms with E-state index in [1.165, 1.54) is 18.2 Å². The number of benzene rings is 2. The number of nitrogens with zero attached hydrogens (tertiary/aromatic N) is 1. The molecular weight excluding hydrogens is 367 g/mol. The summed E-state index contributed by atoms with van der Waals surface area (Å²) < 4.78 is 18.7. The van der Waals surface area contributed by atoms with Crippen molar-refractivity contribution >= 4 is 29.3 Å². The smallest absolute Gasteiger partial charge is 0.266 e. The van der Waals surface area contributed by atoms with Gasteiger partial charge in [-0.2, -0.15) is 5.26 Å². The van der Waals surface area contributed by atoms with Gasteiger partial charge in [-0.15, -0.1) is 0 Å². The molecule has 27 heavy (non-hydrogen) atoms. The Morgan fingerprint density at radius 3 is 2.63 bits per heavy atom. The van der Waals surface area contributed by atoms with Crippen LogP contribution in [0.4, 0.5) is 10.1 Å². The first-order valence-corrected chi connectivity index (χ1v) is 8.40. The fraction of sp³-hybridized carbons (Fsp3) is 0.0476. The second kappa shape index (κ2) is 7.90. The number of hydrogen-bond acceptors (Lipinski definition) is 3. The molecule has 6 heteroatoms. The fourth-order valence-corrected chi connectivity index (χ4v) is 2.60. The predicted octanol–water partition coefficient (Wildman–Crippen LogP) is 5.59. The average molecular weight is 381 g/mol. The Balaban J connectivity index is 1.82. The molecule has 134 valence electrons. The van der Waals surface area contributed by atoms with Crippen LogP contribution in [0.2, 0.25) is 5.02 Å². The van der Waals surface area contributed by atoms with Crippen LogP contribution in [0, 0.1) is 24.1 Å². The van der Waals surface area contributed by atoms with Crippen molar-refractivity contribution < 1.29 is 13.6 Å². The molecular formula is C21H14ClFN2O2. The third kappa shape index (κ3) is 4.25. The van der Waals surface area contributed by atoms with Crippen molar-refractivity contribution in [2.45, 2.75) is 6.92 Å². The minimum absolute atomic E-state index is 0.116. The number of amides is 1. The number of carbonyl (C=O) groups excluding carboxylic acids is 1. The molecule has 0 atom stereocenters. The molecule has 3 rings (SSSR count). The highest BCUT2D eigenvalue weighted by Gasteiger charge is 2.13. The summed E-state index contributed by atoms with van der Waals surface area (Å²) in [5.74, 6) is -0.0683. The van der Waals surface area contributed by atoms with Gasteiger partial charge in [-0.25, -0.2) is 4.39 Å². The molecule has 1 heterocycles. The first-order valence-electron chi connectivity index (χ1n) is 8.02. The normalized spacial score (nSPS) is 11.1. The van der Waals surface area contributed by atoms with Crippen molar-refractivity contribution in [3.8, 4) is 17.4 Å². The Morgan fingerprint density at radius 2 is 1.93 bits per heavy atom. The van der Waals surface area contributed by atoms with Crippen molar-refractivity contribution in [1.82, 2.24) is 0 Å². The lowest BCUT2D eigenvalue weighted by Gasteiger charge is -2.08. The topological polar surface area (TPSA) is 66.0 Å². The molecule has 1 N–H and O–H groups in total. The summed E-state index contributed by atoms with van der Waals surface area (Å²) in [6, 6.07) is 16.1. The zero-order valence-corrected chi connectivity index (χ0v) is 15.0. The van der Waals surface area contributed by atoms with Crippen molar-refractivity contribution in [2.24, 2.45) is 0 Å². The zero-order chi connectivity index (χ0) is 19.4. The Kier molecular flexibility index (Phi) is 5.39. The van der Waals surface area contributed by atoms with E-state index >= 15 is 0 Å². The molecule has 3 aromatic rings. The Bertz CT molecular complexity index is 1060. The van der Waals surface area contributed by atoms with Crippen LogP contribution in [0.25, 0.3) is 17.4 Å². The van der Waals surface area contributed by atoms with Gasteiger partial charge in [0.2, 0.25) is 0 Å². The van der Waals surface area contributed by atoms with Gasteiger partial charge in [0.25, 0.3) is 5.91 Å². The van der Waals surface area contributed by atoms with Crippen LogP contribution in [0.15, 0.2) is 64.6 Å². The highest BCUT2D eigenvalue weighted by molar-refractivity contribution is 6.31. The summed E-state index contributed by atoms with van der Waals surface area (Å²) in [5.41, 5.74) is 1.81. The van der Waals surface area contributed by atoms with Crippen LogP contribution < -0.4 is 5.32 Å². The van der Waals surface area contributed by atoms with Crippen molar-refractivity contribution in [1.29, 1.82) is 5.26 Å². The number of halogens is 2. The summed E-state index contributed by atoms with van der Waals surface area (Å²) in [6.07, 6.45) is 1.35. The van der Waals surface area contributed by atoms with Gasteiger partial charge in [0, 0.05) is 22.3 Å². The quantitative estimate of drug-likeness (QED) is 0.473. The molecule has 0 fully saturated rings. The zero-order valence-electron chi connectivity index (χ0n) is 14.3. The summed E-state index contributed by atoms with van der Waals surface area (Å²) >= 11 is 6.04. The fourth-order valence-electron chi connectivity index (χ4n) is 2.42. The number of carbonyl (C=O) groups is 1. The van der Waals surface area contributed by atoms with E-state index in [0.29, 0.717) is 33.4 Å². The second-order valence-corrected chi connectivity index (χ2v) is 6.15. The van der Waals surface area contributed by atoms with E-state index < -0.39 is 5.91 Å². The SMILES string of the molecule is Cc1c(Cl)cccc1NC(=O)/C(C#N)=C/c1ccc(-c2ccc(F)cc2)o1. The van der Waals surface area contributed by atoms with Gasteiger partial charge < -0.3 is 9.73 Å². The summed E-state index contributed by atoms with van der Waals surface area (Å²) in [5, 5.41) is 12.5. The number of furan rings is 1. The van der Waals surface area contributed by atoms with Crippen LogP contribution in [0.1, 0.15) is 11.3 Å². The van der Waals surface area contributed by atoms with Crippen LogP contribution in [-0.2, 0) is 4.79 Å². The van der Waals surface area contributed by atoms with Gasteiger partial charge in [0.05, 0.1) is 0 Å². The lowest BCUT2D eigenvalue weighted by molar-refractivity contribution is -0.112. The maximum Gasteiger partial charge on any atom is 0.266 e. The van der Waals surface area contributed by atoms with Gasteiger partial charge in [0.1, 0.15) is 29.0 Å². The van der Waals surface area contributed by atoms with Gasteiger partial charge in [0.15, 0.2) is 0 Å². The predicted molar refractivity (Wildman–Crippen MR) is 103 cm³/mol. The molecule has 0 bridgehead atoms. The monoisotopic (exact) mass is 380 g/mol. The number of hydrogen-bond donors (Lipinski definition) is 1. The highest BCUT2D eigenvalue weighted by Crippen LogP contribution is 2.25. The minimum atomic E-state index is -0.567. The number of anilines is 1. The maximum absolute atomic E-state index is 13.0. The summed E-state index contributed by atoms with van der Waals surface area (Å²) in [7, 11) is 0. The van der Waals surface area contributed by atoms with E-state index in [9.17, 15) is 14.4 Å². The van der Waals surface area contributed by atoms with E-state index in [1.807, 2.05) is 6.07 Å². The van der Waals surface area contributed by atoms with E-state index in [1.54, 1.807) is 49.4 Å². The molecule has 0 aliphatic heterocycles. The molecule has 0 unspecified atom stereocenters. The van der Waals surface area contributed by atoms with E-state index in [2.05, 4.69) is 5.32 Å². The minimum Gasteiger partial charge on any atom is -0.457 e. The van der Waals surface area contributed by atoms with Crippen LogP contribution in [0.5, 0.6) is 0 Å². The maximum atomic E-state index is 13.0. The van der Waals surface area contributed by atoms with E-state index in [-0.39, 0.29) is 11.4 Å². The van der Waals surface area contributed by atoms with Gasteiger partial charge >= 0.3 is 0 Å². The summed E-state index contributed by atoms with van der Waals surface area (Å²) in [4.78, 5) is 12.4. The van der Waals surface area contributed by atoms with Crippen LogP contribution in [-0.4, -0.2) is 5.91 Å². The summed E-state index contributed by atoms with van der Waals surface area (Å²) in [6.45, 7) is 1.77. The molecule has 2 aromatic carbocycles. The van der Waals surface area contributed by atoms with Crippen molar-refractivity contribution in [2.75, 3.05) is 5.32 Å². The standard InChI is InChI=1S/C21H14ClFN2O2/c1-13-18(22)3-2-4-19(13)25-21(26)15(12-24)11-17-9-10-20(27-17)14-5-7-16(23)8-6-14/h2-11H,1H3,(H,25,26)/b15-11+. The average Bonchev–Trinajstić information content (AvgIpc) is 3.12.